The second-order valence-corrected chi connectivity index (χ2v) is 5.90. The molecule has 0 saturated heterocycles. The molecule has 0 saturated carbocycles. The summed E-state index contributed by atoms with van der Waals surface area (Å²) >= 11 is 3.41. The number of hydrogen-bond donors (Lipinski definition) is 1. The van der Waals surface area contributed by atoms with Crippen LogP contribution in [0.5, 0.6) is 5.75 Å². The molecule has 0 radical (unpaired) electrons. The molecule has 0 aromatic heterocycles. The summed E-state index contributed by atoms with van der Waals surface area (Å²) in [6, 6.07) is 8.55. The van der Waals surface area contributed by atoms with Crippen molar-refractivity contribution in [3.8, 4) is 5.75 Å². The van der Waals surface area contributed by atoms with Crippen LogP contribution in [0, 0.1) is 0 Å². The molecular formula is C15H25BrN2O. The van der Waals surface area contributed by atoms with E-state index in [1.54, 1.807) is 0 Å². The Morgan fingerprint density at radius 2 is 1.89 bits per heavy atom. The summed E-state index contributed by atoms with van der Waals surface area (Å²) in [6.07, 6.45) is 1.17. The predicted molar refractivity (Wildman–Crippen MR) is 84.9 cm³/mol. The molecule has 0 aliphatic heterocycles. The minimum Gasteiger partial charge on any atom is -0.492 e. The zero-order chi connectivity index (χ0) is 14.1. The maximum atomic E-state index is 5.63. The van der Waals surface area contributed by atoms with E-state index in [1.165, 1.54) is 6.42 Å². The fourth-order valence-corrected chi connectivity index (χ4v) is 1.87. The first kappa shape index (κ1) is 16.5. The summed E-state index contributed by atoms with van der Waals surface area (Å²) in [6.45, 7) is 8.22. The lowest BCUT2D eigenvalue weighted by atomic mass is 10.3. The Balaban J connectivity index is 1.98. The van der Waals surface area contributed by atoms with Gasteiger partial charge in [-0.2, -0.15) is 0 Å². The topological polar surface area (TPSA) is 24.5 Å². The molecule has 0 bridgehead atoms. The fourth-order valence-electron chi connectivity index (χ4n) is 1.61. The van der Waals surface area contributed by atoms with Gasteiger partial charge in [0.2, 0.25) is 0 Å². The largest absolute Gasteiger partial charge is 0.492 e. The number of rotatable bonds is 9. The highest BCUT2D eigenvalue weighted by atomic mass is 79.9. The Hall–Kier alpha value is -0.580. The highest BCUT2D eigenvalue weighted by molar-refractivity contribution is 9.10. The molecule has 1 aromatic rings. The lowest BCUT2D eigenvalue weighted by molar-refractivity contribution is 0.266. The average molecular weight is 329 g/mol. The Morgan fingerprint density at radius 1 is 1.21 bits per heavy atom. The first-order valence-corrected chi connectivity index (χ1v) is 7.68. The van der Waals surface area contributed by atoms with Crippen LogP contribution in [-0.2, 0) is 0 Å². The van der Waals surface area contributed by atoms with E-state index in [2.05, 4.69) is 47.0 Å². The van der Waals surface area contributed by atoms with E-state index in [0.29, 0.717) is 12.6 Å². The summed E-state index contributed by atoms with van der Waals surface area (Å²) < 4.78 is 6.71. The molecule has 0 aliphatic carbocycles. The highest BCUT2D eigenvalue weighted by Crippen LogP contribution is 2.15. The summed E-state index contributed by atoms with van der Waals surface area (Å²) in [5.74, 6) is 0.921. The van der Waals surface area contributed by atoms with Crippen LogP contribution in [0.4, 0.5) is 0 Å². The van der Waals surface area contributed by atoms with Gasteiger partial charge in [-0.3, -0.25) is 0 Å². The second kappa shape index (κ2) is 9.34. The van der Waals surface area contributed by atoms with Gasteiger partial charge in [-0.25, -0.2) is 0 Å². The van der Waals surface area contributed by atoms with Crippen LogP contribution in [0.2, 0.25) is 0 Å². The summed E-state index contributed by atoms with van der Waals surface area (Å²) in [7, 11) is 2.17. The summed E-state index contributed by atoms with van der Waals surface area (Å²) in [5, 5.41) is 3.40. The third-order valence-electron chi connectivity index (χ3n) is 3.11. The van der Waals surface area contributed by atoms with Crippen LogP contribution in [0.25, 0.3) is 0 Å². The first-order valence-electron chi connectivity index (χ1n) is 6.89. The van der Waals surface area contributed by atoms with E-state index in [0.717, 1.165) is 29.9 Å². The molecule has 1 rings (SSSR count). The van der Waals surface area contributed by atoms with Gasteiger partial charge in [0, 0.05) is 17.1 Å². The van der Waals surface area contributed by atoms with Gasteiger partial charge in [0.25, 0.3) is 0 Å². The maximum Gasteiger partial charge on any atom is 0.119 e. The molecule has 0 aliphatic rings. The van der Waals surface area contributed by atoms with Gasteiger partial charge in [0.05, 0.1) is 0 Å². The molecule has 0 fully saturated rings. The van der Waals surface area contributed by atoms with E-state index < -0.39 is 0 Å². The Labute approximate surface area is 125 Å². The first-order chi connectivity index (χ1) is 9.09. The number of hydrogen-bond acceptors (Lipinski definition) is 3. The molecule has 0 spiro atoms. The molecule has 0 atom stereocenters. The minimum atomic E-state index is 0.626. The normalized spacial score (nSPS) is 11.3. The average Bonchev–Trinajstić information content (AvgIpc) is 2.39. The molecule has 0 amide bonds. The van der Waals surface area contributed by atoms with Gasteiger partial charge < -0.3 is 15.0 Å². The zero-order valence-electron chi connectivity index (χ0n) is 12.2. The monoisotopic (exact) mass is 328 g/mol. The van der Waals surface area contributed by atoms with Crippen molar-refractivity contribution in [3.63, 3.8) is 0 Å². The lowest BCUT2D eigenvalue weighted by Gasteiger charge is -2.20. The quantitative estimate of drug-likeness (QED) is 0.705. The third kappa shape index (κ3) is 7.55. The SMILES string of the molecule is CC(C)N(C)CCCNCCOc1ccc(Br)cc1. The van der Waals surface area contributed by atoms with Crippen LogP contribution in [0.15, 0.2) is 28.7 Å². The van der Waals surface area contributed by atoms with Crippen LogP contribution >= 0.6 is 15.9 Å². The lowest BCUT2D eigenvalue weighted by Crippen LogP contribution is -2.30. The molecule has 19 heavy (non-hydrogen) atoms. The van der Waals surface area contributed by atoms with Crippen LogP contribution in [0.3, 0.4) is 0 Å². The van der Waals surface area contributed by atoms with Gasteiger partial charge in [-0.05, 0) is 64.7 Å². The number of halogens is 1. The summed E-state index contributed by atoms with van der Waals surface area (Å²) in [4.78, 5) is 2.36. The van der Waals surface area contributed by atoms with Crippen molar-refractivity contribution in [1.29, 1.82) is 0 Å². The number of nitrogens with zero attached hydrogens (tertiary/aromatic N) is 1. The smallest absolute Gasteiger partial charge is 0.119 e. The Kier molecular flexibility index (Phi) is 8.10. The number of ether oxygens (including phenoxy) is 1. The molecule has 1 N–H and O–H groups in total. The zero-order valence-corrected chi connectivity index (χ0v) is 13.7. The van der Waals surface area contributed by atoms with E-state index in [4.69, 9.17) is 4.74 Å². The van der Waals surface area contributed by atoms with E-state index in [1.807, 2.05) is 24.3 Å². The van der Waals surface area contributed by atoms with Crippen molar-refractivity contribution in [2.24, 2.45) is 0 Å². The second-order valence-electron chi connectivity index (χ2n) is 4.98. The van der Waals surface area contributed by atoms with Gasteiger partial charge in [-0.1, -0.05) is 15.9 Å². The van der Waals surface area contributed by atoms with Gasteiger partial charge in [-0.15, -0.1) is 0 Å². The highest BCUT2D eigenvalue weighted by Gasteiger charge is 2.01. The van der Waals surface area contributed by atoms with Crippen molar-refractivity contribution >= 4 is 15.9 Å². The van der Waals surface area contributed by atoms with Crippen molar-refractivity contribution in [2.75, 3.05) is 33.3 Å². The van der Waals surface area contributed by atoms with Gasteiger partial charge >= 0.3 is 0 Å². The number of nitrogens with one attached hydrogen (secondary N) is 1. The standard InChI is InChI=1S/C15H25BrN2O/c1-13(2)18(3)11-4-9-17-10-12-19-15-7-5-14(16)6-8-15/h5-8,13,17H,4,9-12H2,1-3H3. The van der Waals surface area contributed by atoms with Crippen molar-refractivity contribution in [2.45, 2.75) is 26.3 Å². The minimum absolute atomic E-state index is 0.626. The maximum absolute atomic E-state index is 5.63. The molecule has 108 valence electrons. The molecule has 3 nitrogen and oxygen atoms in total. The Morgan fingerprint density at radius 3 is 2.53 bits per heavy atom. The van der Waals surface area contributed by atoms with E-state index in [9.17, 15) is 0 Å². The van der Waals surface area contributed by atoms with Crippen LogP contribution < -0.4 is 10.1 Å². The fraction of sp³-hybridized carbons (Fsp3) is 0.600. The third-order valence-corrected chi connectivity index (χ3v) is 3.64. The van der Waals surface area contributed by atoms with E-state index >= 15 is 0 Å². The molecule has 4 heteroatoms. The van der Waals surface area contributed by atoms with Gasteiger partial charge in [0.15, 0.2) is 0 Å². The van der Waals surface area contributed by atoms with Crippen LogP contribution in [-0.4, -0.2) is 44.2 Å². The van der Waals surface area contributed by atoms with Crippen molar-refractivity contribution in [1.82, 2.24) is 10.2 Å². The van der Waals surface area contributed by atoms with Crippen molar-refractivity contribution in [3.05, 3.63) is 28.7 Å². The van der Waals surface area contributed by atoms with Gasteiger partial charge in [0.1, 0.15) is 12.4 Å². The molecule has 0 heterocycles. The summed E-state index contributed by atoms with van der Waals surface area (Å²) in [5.41, 5.74) is 0. The molecule has 1 aromatic carbocycles. The molecular weight excluding hydrogens is 304 g/mol. The number of benzene rings is 1. The molecule has 0 unspecified atom stereocenters. The van der Waals surface area contributed by atoms with Crippen molar-refractivity contribution < 1.29 is 4.74 Å². The van der Waals surface area contributed by atoms with Crippen LogP contribution in [0.1, 0.15) is 20.3 Å². The Bertz CT molecular complexity index is 341. The van der Waals surface area contributed by atoms with E-state index in [-0.39, 0.29) is 0 Å². The predicted octanol–water partition coefficient (Wildman–Crippen LogP) is 3.15.